The highest BCUT2D eigenvalue weighted by Crippen LogP contribution is 2.44. The van der Waals surface area contributed by atoms with E-state index in [0.29, 0.717) is 17.1 Å². The van der Waals surface area contributed by atoms with Gasteiger partial charge in [-0.3, -0.25) is 0 Å². The number of ether oxygens (including phenoxy) is 3. The molecule has 0 amide bonds. The second-order valence-electron chi connectivity index (χ2n) is 9.56. The zero-order valence-electron chi connectivity index (χ0n) is 22.6. The Labute approximate surface area is 216 Å². The number of nitrogens with zero attached hydrogens (tertiary/aromatic N) is 2. The highest BCUT2D eigenvalue weighted by Gasteiger charge is 2.39. The quantitative estimate of drug-likeness (QED) is 0.323. The first-order valence-electron chi connectivity index (χ1n) is 12.1. The number of benzene rings is 1. The van der Waals surface area contributed by atoms with Crippen LogP contribution in [0.3, 0.4) is 0 Å². The van der Waals surface area contributed by atoms with E-state index in [-0.39, 0.29) is 47.1 Å². The number of nitrogens with one attached hydrogen (secondary N) is 1. The second kappa shape index (κ2) is 12.6. The summed E-state index contributed by atoms with van der Waals surface area (Å²) >= 11 is 0. The molecular weight excluding hydrogens is 484 g/mol. The highest BCUT2D eigenvalue weighted by atomic mass is 19.3. The van der Waals surface area contributed by atoms with E-state index >= 15 is 0 Å². The van der Waals surface area contributed by atoms with Crippen LogP contribution in [0, 0.1) is 5.41 Å². The van der Waals surface area contributed by atoms with Gasteiger partial charge in [0.05, 0.1) is 48.0 Å². The van der Waals surface area contributed by atoms with Gasteiger partial charge < -0.3 is 19.5 Å². The Morgan fingerprint density at radius 1 is 1.05 bits per heavy atom. The molecule has 202 valence electrons. The lowest BCUT2D eigenvalue weighted by Gasteiger charge is -2.31. The number of dihydropyridines is 1. The summed E-state index contributed by atoms with van der Waals surface area (Å²) in [6.07, 6.45) is 0. The minimum atomic E-state index is -3.14. The Bertz CT molecular complexity index is 1110. The Morgan fingerprint density at radius 3 is 2.05 bits per heavy atom. The summed E-state index contributed by atoms with van der Waals surface area (Å²) in [4.78, 5) is 34.7. The minimum absolute atomic E-state index is 0.0748. The SMILES string of the molecule is CCOC(=O)C1=C(C)NC(C)=C(C(=O)OCC)C1c1cc(N=C=NC(C)C(C)(C)C)ccc1OC(F)F. The van der Waals surface area contributed by atoms with Crippen molar-refractivity contribution in [1.82, 2.24) is 5.32 Å². The Kier molecular flexibility index (Phi) is 10.1. The lowest BCUT2D eigenvalue weighted by atomic mass is 9.79. The van der Waals surface area contributed by atoms with Crippen LogP contribution in [-0.2, 0) is 19.1 Å². The molecule has 0 aliphatic carbocycles. The molecule has 0 fully saturated rings. The van der Waals surface area contributed by atoms with Gasteiger partial charge in [-0.05, 0) is 58.2 Å². The number of esters is 2. The largest absolute Gasteiger partial charge is 0.463 e. The Balaban J connectivity index is 2.79. The first kappa shape index (κ1) is 29.7. The molecule has 0 saturated heterocycles. The maximum absolute atomic E-state index is 13.4. The summed E-state index contributed by atoms with van der Waals surface area (Å²) in [7, 11) is 0. The molecule has 1 unspecified atom stereocenters. The average Bonchev–Trinajstić information content (AvgIpc) is 2.78. The Hall–Kier alpha value is -3.52. The first-order valence-corrected chi connectivity index (χ1v) is 12.1. The van der Waals surface area contributed by atoms with Crippen molar-refractivity contribution in [3.63, 3.8) is 0 Å². The number of halogens is 2. The highest BCUT2D eigenvalue weighted by molar-refractivity contribution is 6.00. The van der Waals surface area contributed by atoms with Gasteiger partial charge in [-0.1, -0.05) is 20.8 Å². The van der Waals surface area contributed by atoms with Crippen molar-refractivity contribution in [1.29, 1.82) is 0 Å². The van der Waals surface area contributed by atoms with Gasteiger partial charge in [0, 0.05) is 17.0 Å². The minimum Gasteiger partial charge on any atom is -0.463 e. The average molecular weight is 520 g/mol. The van der Waals surface area contributed by atoms with Crippen LogP contribution < -0.4 is 10.1 Å². The van der Waals surface area contributed by atoms with Crippen molar-refractivity contribution in [3.8, 4) is 5.75 Å². The first-order chi connectivity index (χ1) is 17.3. The van der Waals surface area contributed by atoms with Crippen molar-refractivity contribution in [2.75, 3.05) is 13.2 Å². The van der Waals surface area contributed by atoms with Crippen molar-refractivity contribution >= 4 is 23.6 Å². The van der Waals surface area contributed by atoms with Gasteiger partial charge in [0.15, 0.2) is 0 Å². The Morgan fingerprint density at radius 2 is 1.59 bits per heavy atom. The van der Waals surface area contributed by atoms with Crippen LogP contribution >= 0.6 is 0 Å². The van der Waals surface area contributed by atoms with E-state index in [0.717, 1.165) is 0 Å². The van der Waals surface area contributed by atoms with Crippen molar-refractivity contribution in [3.05, 3.63) is 46.3 Å². The fraction of sp³-hybridized carbons (Fsp3) is 0.519. The van der Waals surface area contributed by atoms with E-state index in [9.17, 15) is 18.4 Å². The molecule has 0 aromatic heterocycles. The molecule has 2 rings (SSSR count). The van der Waals surface area contributed by atoms with Gasteiger partial charge in [0.2, 0.25) is 0 Å². The summed E-state index contributed by atoms with van der Waals surface area (Å²) in [6, 6.07) is 6.83. The molecule has 1 aliphatic heterocycles. The van der Waals surface area contributed by atoms with Gasteiger partial charge in [-0.2, -0.15) is 13.8 Å². The van der Waals surface area contributed by atoms with Crippen LogP contribution in [0.2, 0.25) is 0 Å². The van der Waals surface area contributed by atoms with Crippen LogP contribution in [0.25, 0.3) is 0 Å². The number of rotatable bonds is 9. The molecule has 1 aromatic carbocycles. The van der Waals surface area contributed by atoms with E-state index in [4.69, 9.17) is 14.2 Å². The van der Waals surface area contributed by atoms with Crippen LogP contribution in [-0.4, -0.2) is 43.8 Å². The van der Waals surface area contributed by atoms with Crippen molar-refractivity contribution in [2.24, 2.45) is 15.4 Å². The molecule has 8 nitrogen and oxygen atoms in total. The molecule has 0 spiro atoms. The zero-order valence-corrected chi connectivity index (χ0v) is 22.6. The van der Waals surface area contributed by atoms with E-state index in [1.165, 1.54) is 18.2 Å². The molecule has 0 radical (unpaired) electrons. The van der Waals surface area contributed by atoms with E-state index in [1.807, 2.05) is 27.7 Å². The van der Waals surface area contributed by atoms with Gasteiger partial charge >= 0.3 is 18.6 Å². The number of alkyl halides is 2. The van der Waals surface area contributed by atoms with Crippen LogP contribution in [0.4, 0.5) is 14.5 Å². The number of hydrogen-bond acceptors (Lipinski definition) is 8. The molecule has 10 heteroatoms. The molecular formula is C27H35F2N3O5. The van der Waals surface area contributed by atoms with Crippen molar-refractivity contribution < 1.29 is 32.6 Å². The van der Waals surface area contributed by atoms with E-state index in [2.05, 4.69) is 21.3 Å². The monoisotopic (exact) mass is 519 g/mol. The van der Waals surface area contributed by atoms with Gasteiger partial charge in [0.1, 0.15) is 5.75 Å². The van der Waals surface area contributed by atoms with Gasteiger partial charge in [-0.15, -0.1) is 0 Å². The zero-order chi connectivity index (χ0) is 27.9. The molecule has 1 aliphatic rings. The predicted octanol–water partition coefficient (Wildman–Crippen LogP) is 5.89. The van der Waals surface area contributed by atoms with Crippen LogP contribution in [0.5, 0.6) is 5.75 Å². The fourth-order valence-electron chi connectivity index (χ4n) is 3.67. The molecule has 1 atom stereocenters. The molecule has 1 heterocycles. The molecule has 37 heavy (non-hydrogen) atoms. The molecule has 1 aromatic rings. The summed E-state index contributed by atoms with van der Waals surface area (Å²) in [5, 5.41) is 3.01. The van der Waals surface area contributed by atoms with Crippen LogP contribution in [0.15, 0.2) is 50.7 Å². The smallest absolute Gasteiger partial charge is 0.387 e. The maximum atomic E-state index is 13.4. The van der Waals surface area contributed by atoms with Crippen LogP contribution in [0.1, 0.15) is 66.9 Å². The summed E-state index contributed by atoms with van der Waals surface area (Å²) in [5.41, 5.74) is 1.31. The lowest BCUT2D eigenvalue weighted by molar-refractivity contribution is -0.139. The topological polar surface area (TPSA) is 98.6 Å². The third-order valence-electron chi connectivity index (χ3n) is 5.96. The normalized spacial score (nSPS) is 15.1. The maximum Gasteiger partial charge on any atom is 0.387 e. The van der Waals surface area contributed by atoms with E-state index < -0.39 is 24.5 Å². The second-order valence-corrected chi connectivity index (χ2v) is 9.56. The van der Waals surface area contributed by atoms with Gasteiger partial charge in [0.25, 0.3) is 0 Å². The number of carbonyl (C=O) groups excluding carboxylic acids is 2. The number of carbonyl (C=O) groups is 2. The lowest BCUT2D eigenvalue weighted by Crippen LogP contribution is -2.32. The molecule has 0 bridgehead atoms. The summed E-state index contributed by atoms with van der Waals surface area (Å²) < 4.78 is 42.1. The molecule has 0 saturated carbocycles. The number of aliphatic imine (C=N–C) groups is 2. The number of allylic oxidation sites excluding steroid dienone is 2. The molecule has 1 N–H and O–H groups in total. The predicted molar refractivity (Wildman–Crippen MR) is 136 cm³/mol. The standard InChI is InChI=1S/C27H35F2N3O5/c1-9-35-24(33)21-15(3)32-16(4)22(25(34)36-10-2)23(21)19-13-18(11-12-20(19)37-26(28)29)31-14-30-17(5)27(6,7)8/h11-13,17,23,26,32H,9-10H2,1-8H3. The number of hydrogen-bond donors (Lipinski definition) is 1. The van der Waals surface area contributed by atoms with Gasteiger partial charge in [-0.25, -0.2) is 14.6 Å². The summed E-state index contributed by atoms with van der Waals surface area (Å²) in [5.74, 6) is -2.74. The fourth-order valence-corrected chi connectivity index (χ4v) is 3.67. The summed E-state index contributed by atoms with van der Waals surface area (Å²) in [6.45, 7) is 11.6. The van der Waals surface area contributed by atoms with Crippen molar-refractivity contribution in [2.45, 2.75) is 74.0 Å². The van der Waals surface area contributed by atoms with E-state index in [1.54, 1.807) is 27.7 Å². The third-order valence-corrected chi connectivity index (χ3v) is 5.96. The third kappa shape index (κ3) is 7.49.